The predicted molar refractivity (Wildman–Crippen MR) is 93.7 cm³/mol. The maximum Gasteiger partial charge on any atom is 0.357 e. The first-order valence-corrected chi connectivity index (χ1v) is 8.08. The lowest BCUT2D eigenvalue weighted by molar-refractivity contribution is -0.121. The van der Waals surface area contributed by atoms with Gasteiger partial charge in [0, 0.05) is 18.7 Å². The third-order valence-electron chi connectivity index (χ3n) is 3.81. The van der Waals surface area contributed by atoms with E-state index in [2.05, 4.69) is 10.3 Å². The van der Waals surface area contributed by atoms with Crippen LogP contribution >= 0.6 is 0 Å². The molecule has 140 valence electrons. The molecule has 1 aromatic carbocycles. The highest BCUT2D eigenvalue weighted by Crippen LogP contribution is 2.26. The van der Waals surface area contributed by atoms with Gasteiger partial charge in [0.05, 0.1) is 5.56 Å². The second-order valence-corrected chi connectivity index (χ2v) is 5.75. The van der Waals surface area contributed by atoms with Crippen molar-refractivity contribution >= 4 is 11.9 Å². The number of ether oxygens (including phenoxy) is 2. The Bertz CT molecular complexity index is 962. The molecule has 0 bridgehead atoms. The fraction of sp³-hybridized carbons (Fsp3) is 0.222. The van der Waals surface area contributed by atoms with Crippen LogP contribution in [-0.2, 0) is 23.2 Å². The molecule has 1 amide bonds. The minimum absolute atomic E-state index is 0.136. The summed E-state index contributed by atoms with van der Waals surface area (Å²) in [6, 6.07) is 11.0. The van der Waals surface area contributed by atoms with E-state index in [1.807, 2.05) is 30.3 Å². The molecule has 0 radical (unpaired) electrons. The van der Waals surface area contributed by atoms with E-state index in [0.29, 0.717) is 11.5 Å². The summed E-state index contributed by atoms with van der Waals surface area (Å²) in [5.41, 5.74) is 7.47. The summed E-state index contributed by atoms with van der Waals surface area (Å²) in [6.45, 7) is 1.45. The van der Waals surface area contributed by atoms with Gasteiger partial charge in [-0.3, -0.25) is 9.48 Å². The molecule has 0 spiro atoms. The second kappa shape index (κ2) is 7.73. The van der Waals surface area contributed by atoms with Gasteiger partial charge < -0.3 is 19.7 Å². The van der Waals surface area contributed by atoms with Crippen molar-refractivity contribution in [2.24, 2.45) is 12.8 Å². The number of hydrogen-bond donors (Lipinski definition) is 1. The maximum atomic E-state index is 11.9. The molecule has 0 fully saturated rings. The number of primary amides is 1. The highest BCUT2D eigenvalue weighted by Gasteiger charge is 2.19. The first kappa shape index (κ1) is 18.2. The lowest BCUT2D eigenvalue weighted by Crippen LogP contribution is -2.22. The number of nitrogens with two attached hydrogens (primary N) is 1. The van der Waals surface area contributed by atoms with E-state index in [0.717, 1.165) is 11.1 Å². The average molecular weight is 370 g/mol. The Labute approximate surface area is 154 Å². The molecule has 0 aliphatic rings. The number of esters is 1. The Morgan fingerprint density at radius 3 is 2.70 bits per heavy atom. The van der Waals surface area contributed by atoms with Crippen LogP contribution in [0.15, 0.2) is 40.9 Å². The molecule has 3 rings (SSSR count). The zero-order valence-electron chi connectivity index (χ0n) is 14.8. The number of aryl methyl sites for hydroxylation is 2. The molecule has 9 nitrogen and oxygen atoms in total. The fourth-order valence-electron chi connectivity index (χ4n) is 2.44. The van der Waals surface area contributed by atoms with E-state index < -0.39 is 18.5 Å². The van der Waals surface area contributed by atoms with Crippen LogP contribution in [0.5, 0.6) is 5.88 Å². The zero-order chi connectivity index (χ0) is 19.4. The summed E-state index contributed by atoms with van der Waals surface area (Å²) in [5, 5.41) is 8.21. The number of aromatic nitrogens is 3. The largest absolute Gasteiger partial charge is 0.471 e. The van der Waals surface area contributed by atoms with E-state index in [-0.39, 0.29) is 18.2 Å². The van der Waals surface area contributed by atoms with E-state index in [1.54, 1.807) is 14.0 Å². The highest BCUT2D eigenvalue weighted by molar-refractivity contribution is 5.89. The minimum Gasteiger partial charge on any atom is -0.471 e. The Morgan fingerprint density at radius 2 is 2.00 bits per heavy atom. The lowest BCUT2D eigenvalue weighted by atomic mass is 10.1. The summed E-state index contributed by atoms with van der Waals surface area (Å²) < 4.78 is 17.1. The number of amides is 1. The van der Waals surface area contributed by atoms with E-state index >= 15 is 0 Å². The van der Waals surface area contributed by atoms with Crippen molar-refractivity contribution in [3.8, 4) is 17.1 Å². The summed E-state index contributed by atoms with van der Waals surface area (Å²) in [6.07, 6.45) is 0. The van der Waals surface area contributed by atoms with Gasteiger partial charge in [0.1, 0.15) is 23.8 Å². The van der Waals surface area contributed by atoms with Crippen LogP contribution in [0.1, 0.15) is 21.8 Å². The number of carbonyl (C=O) groups is 2. The van der Waals surface area contributed by atoms with Crippen LogP contribution in [0.2, 0.25) is 0 Å². The van der Waals surface area contributed by atoms with Gasteiger partial charge in [0.2, 0.25) is 5.88 Å². The molecule has 0 aliphatic carbocycles. The molecular formula is C18H18N4O5. The fourth-order valence-corrected chi connectivity index (χ4v) is 2.44. The smallest absolute Gasteiger partial charge is 0.357 e. The standard InChI is InChI=1S/C18H18N4O5/c1-11-13(17(21-27-11)12-6-4-3-5-7-12)9-25-16-8-14(22(2)20-16)18(24)26-10-15(19)23/h3-8H,9-10H2,1-2H3,(H2,19,23). The summed E-state index contributed by atoms with van der Waals surface area (Å²) in [7, 11) is 1.56. The van der Waals surface area contributed by atoms with Crippen LogP contribution < -0.4 is 10.5 Å². The maximum absolute atomic E-state index is 11.9. The van der Waals surface area contributed by atoms with Crippen molar-refractivity contribution in [2.45, 2.75) is 13.5 Å². The molecule has 0 aliphatic heterocycles. The predicted octanol–water partition coefficient (Wildman–Crippen LogP) is 1.60. The van der Waals surface area contributed by atoms with Gasteiger partial charge in [-0.15, -0.1) is 5.10 Å². The van der Waals surface area contributed by atoms with Crippen molar-refractivity contribution < 1.29 is 23.6 Å². The third kappa shape index (κ3) is 4.14. The summed E-state index contributed by atoms with van der Waals surface area (Å²) >= 11 is 0. The van der Waals surface area contributed by atoms with Crippen molar-refractivity contribution in [1.29, 1.82) is 0 Å². The van der Waals surface area contributed by atoms with Crippen molar-refractivity contribution in [3.05, 3.63) is 53.4 Å². The Hall–Kier alpha value is -3.62. The van der Waals surface area contributed by atoms with Crippen molar-refractivity contribution in [1.82, 2.24) is 14.9 Å². The topological polar surface area (TPSA) is 122 Å². The van der Waals surface area contributed by atoms with Crippen LogP contribution in [0.25, 0.3) is 11.3 Å². The van der Waals surface area contributed by atoms with Crippen LogP contribution in [0.4, 0.5) is 0 Å². The number of rotatable bonds is 7. The first-order chi connectivity index (χ1) is 13.0. The van der Waals surface area contributed by atoms with Gasteiger partial charge >= 0.3 is 5.97 Å². The van der Waals surface area contributed by atoms with Gasteiger partial charge in [0.15, 0.2) is 6.61 Å². The van der Waals surface area contributed by atoms with Gasteiger partial charge in [-0.25, -0.2) is 4.79 Å². The highest BCUT2D eigenvalue weighted by atomic mass is 16.5. The lowest BCUT2D eigenvalue weighted by Gasteiger charge is -2.04. The van der Waals surface area contributed by atoms with Crippen LogP contribution in [0, 0.1) is 6.92 Å². The molecule has 2 N–H and O–H groups in total. The quantitative estimate of drug-likeness (QED) is 0.627. The monoisotopic (exact) mass is 370 g/mol. The second-order valence-electron chi connectivity index (χ2n) is 5.75. The van der Waals surface area contributed by atoms with Gasteiger partial charge in [-0.05, 0) is 6.92 Å². The van der Waals surface area contributed by atoms with Crippen LogP contribution in [0.3, 0.4) is 0 Å². The van der Waals surface area contributed by atoms with E-state index in [4.69, 9.17) is 19.7 Å². The number of nitrogens with zero attached hydrogens (tertiary/aromatic N) is 3. The zero-order valence-corrected chi connectivity index (χ0v) is 14.8. The summed E-state index contributed by atoms with van der Waals surface area (Å²) in [5.74, 6) is -0.600. The van der Waals surface area contributed by atoms with E-state index in [1.165, 1.54) is 10.7 Å². The molecule has 0 saturated carbocycles. The molecule has 0 saturated heterocycles. The molecular weight excluding hydrogens is 352 g/mol. The average Bonchev–Trinajstić information content (AvgIpc) is 3.21. The Balaban J connectivity index is 1.73. The normalized spacial score (nSPS) is 10.6. The van der Waals surface area contributed by atoms with Crippen LogP contribution in [-0.4, -0.2) is 33.4 Å². The first-order valence-electron chi connectivity index (χ1n) is 8.08. The van der Waals surface area contributed by atoms with Crippen molar-refractivity contribution in [2.75, 3.05) is 6.61 Å². The molecule has 0 unspecified atom stereocenters. The Morgan fingerprint density at radius 1 is 1.26 bits per heavy atom. The Kier molecular flexibility index (Phi) is 5.20. The third-order valence-corrected chi connectivity index (χ3v) is 3.81. The molecule has 0 atom stereocenters. The van der Waals surface area contributed by atoms with Crippen molar-refractivity contribution in [3.63, 3.8) is 0 Å². The van der Waals surface area contributed by atoms with Gasteiger partial charge in [-0.2, -0.15) is 0 Å². The number of carbonyl (C=O) groups excluding carboxylic acids is 2. The van der Waals surface area contributed by atoms with E-state index in [9.17, 15) is 9.59 Å². The summed E-state index contributed by atoms with van der Waals surface area (Å²) in [4.78, 5) is 22.7. The molecule has 3 aromatic rings. The SMILES string of the molecule is Cc1onc(-c2ccccc2)c1COc1cc(C(=O)OCC(N)=O)n(C)n1. The minimum atomic E-state index is -0.738. The molecule has 2 aromatic heterocycles. The van der Waals surface area contributed by atoms with Gasteiger partial charge in [-0.1, -0.05) is 35.5 Å². The molecule has 27 heavy (non-hydrogen) atoms. The molecule has 9 heteroatoms. The molecule has 2 heterocycles. The number of hydrogen-bond acceptors (Lipinski definition) is 7. The van der Waals surface area contributed by atoms with Gasteiger partial charge in [0.25, 0.3) is 5.91 Å². The number of benzene rings is 1.